The molecule has 0 fully saturated rings. The number of sulfonamides is 1. The van der Waals surface area contributed by atoms with Gasteiger partial charge in [-0.05, 0) is 18.2 Å². The van der Waals surface area contributed by atoms with Crippen molar-refractivity contribution < 1.29 is 13.2 Å². The van der Waals surface area contributed by atoms with Gasteiger partial charge in [-0.1, -0.05) is 0 Å². The Labute approximate surface area is 106 Å². The van der Waals surface area contributed by atoms with Crippen LogP contribution in [-0.2, 0) is 10.0 Å². The number of carbonyl (C=O) groups excluding carboxylic acids is 1. The lowest BCUT2D eigenvalue weighted by Gasteiger charge is -2.10. The summed E-state index contributed by atoms with van der Waals surface area (Å²) in [6.45, 7) is 0.568. The lowest BCUT2D eigenvalue weighted by atomic mass is 10.1. The van der Waals surface area contributed by atoms with Crippen molar-refractivity contribution in [1.29, 1.82) is 0 Å². The number of nitrogen functional groups attached to an aromatic ring is 1. The van der Waals surface area contributed by atoms with Gasteiger partial charge >= 0.3 is 0 Å². The summed E-state index contributed by atoms with van der Waals surface area (Å²) in [4.78, 5) is 11.0. The minimum absolute atomic E-state index is 0.221. The molecule has 0 unspecified atom stereocenters. The molecule has 0 spiro atoms. The van der Waals surface area contributed by atoms with E-state index in [9.17, 15) is 13.2 Å². The Bertz CT molecular complexity index is 542. The van der Waals surface area contributed by atoms with E-state index in [4.69, 9.17) is 11.5 Å². The lowest BCUT2D eigenvalue weighted by molar-refractivity contribution is 0.100. The summed E-state index contributed by atoms with van der Waals surface area (Å²) >= 11 is 0. The number of hydrogen-bond donors (Lipinski definition) is 4. The van der Waals surface area contributed by atoms with Crippen molar-refractivity contribution in [2.24, 2.45) is 5.73 Å². The normalized spacial score (nSPS) is 11.2. The van der Waals surface area contributed by atoms with Gasteiger partial charge in [0, 0.05) is 18.7 Å². The zero-order valence-electron chi connectivity index (χ0n) is 9.93. The van der Waals surface area contributed by atoms with Gasteiger partial charge in [-0.2, -0.15) is 0 Å². The second-order valence-electron chi connectivity index (χ2n) is 3.76. The Balaban J connectivity index is 2.61. The molecule has 0 saturated carbocycles. The molecular formula is C10H16N4O3S. The highest BCUT2D eigenvalue weighted by atomic mass is 32.2. The zero-order chi connectivity index (χ0) is 13.8. The average Bonchev–Trinajstić information content (AvgIpc) is 2.24. The zero-order valence-corrected chi connectivity index (χ0v) is 10.8. The van der Waals surface area contributed by atoms with Crippen molar-refractivity contribution in [1.82, 2.24) is 4.72 Å². The van der Waals surface area contributed by atoms with Crippen LogP contribution in [-0.4, -0.2) is 33.7 Å². The first kappa shape index (κ1) is 14.3. The molecule has 100 valence electrons. The van der Waals surface area contributed by atoms with Crippen molar-refractivity contribution in [3.05, 3.63) is 23.8 Å². The highest BCUT2D eigenvalue weighted by Gasteiger charge is 2.05. The fourth-order valence-electron chi connectivity index (χ4n) is 1.30. The molecule has 0 bridgehead atoms. The van der Waals surface area contributed by atoms with Crippen LogP contribution in [0, 0.1) is 0 Å². The van der Waals surface area contributed by atoms with Gasteiger partial charge in [-0.3, -0.25) is 4.79 Å². The standard InChI is InChI=1S/C10H16N4O3S/c1-18(16,17)14-5-4-13-9-6-7(10(12)15)2-3-8(9)11/h2-3,6,13-14H,4-5,11H2,1H3,(H2,12,15). The molecule has 0 saturated heterocycles. The number of carbonyl (C=O) groups is 1. The number of primary amides is 1. The Morgan fingerprint density at radius 1 is 1.33 bits per heavy atom. The number of rotatable bonds is 6. The maximum Gasteiger partial charge on any atom is 0.248 e. The summed E-state index contributed by atoms with van der Waals surface area (Å²) in [5, 5.41) is 2.92. The van der Waals surface area contributed by atoms with Gasteiger partial charge in [0.05, 0.1) is 17.6 Å². The maximum atomic E-state index is 11.0. The third-order valence-corrected chi connectivity index (χ3v) is 2.87. The maximum absolute atomic E-state index is 11.0. The lowest BCUT2D eigenvalue weighted by Crippen LogP contribution is -2.27. The van der Waals surface area contributed by atoms with E-state index < -0.39 is 15.9 Å². The number of amides is 1. The average molecular weight is 272 g/mol. The van der Waals surface area contributed by atoms with E-state index in [0.29, 0.717) is 23.5 Å². The molecule has 8 heteroatoms. The predicted molar refractivity (Wildman–Crippen MR) is 70.7 cm³/mol. The van der Waals surface area contributed by atoms with Crippen molar-refractivity contribution in [3.8, 4) is 0 Å². The van der Waals surface area contributed by atoms with Crippen LogP contribution >= 0.6 is 0 Å². The topological polar surface area (TPSA) is 127 Å². The Kier molecular flexibility index (Phi) is 4.51. The quantitative estimate of drug-likeness (QED) is 0.403. The molecule has 7 nitrogen and oxygen atoms in total. The van der Waals surface area contributed by atoms with Crippen LogP contribution in [0.3, 0.4) is 0 Å². The van der Waals surface area contributed by atoms with Crippen LogP contribution in [0.1, 0.15) is 10.4 Å². The van der Waals surface area contributed by atoms with E-state index in [1.54, 1.807) is 6.07 Å². The van der Waals surface area contributed by atoms with Crippen LogP contribution < -0.4 is 21.5 Å². The van der Waals surface area contributed by atoms with Crippen molar-refractivity contribution in [3.63, 3.8) is 0 Å². The van der Waals surface area contributed by atoms with Crippen molar-refractivity contribution in [2.75, 3.05) is 30.4 Å². The van der Waals surface area contributed by atoms with Gasteiger partial charge in [0.2, 0.25) is 15.9 Å². The summed E-state index contributed by atoms with van der Waals surface area (Å²) in [5.74, 6) is -0.549. The third kappa shape index (κ3) is 4.60. The molecule has 0 atom stereocenters. The number of anilines is 2. The molecular weight excluding hydrogens is 256 g/mol. The molecule has 0 aromatic heterocycles. The second kappa shape index (κ2) is 5.69. The number of benzene rings is 1. The smallest absolute Gasteiger partial charge is 0.248 e. The number of hydrogen-bond acceptors (Lipinski definition) is 5. The summed E-state index contributed by atoms with van der Waals surface area (Å²) in [6, 6.07) is 4.61. The molecule has 0 aliphatic carbocycles. The van der Waals surface area contributed by atoms with E-state index in [-0.39, 0.29) is 6.54 Å². The van der Waals surface area contributed by atoms with Gasteiger partial charge < -0.3 is 16.8 Å². The van der Waals surface area contributed by atoms with Crippen LogP contribution in [0.4, 0.5) is 11.4 Å². The largest absolute Gasteiger partial charge is 0.397 e. The van der Waals surface area contributed by atoms with Gasteiger partial charge in [-0.25, -0.2) is 13.1 Å². The van der Waals surface area contributed by atoms with Crippen LogP contribution in [0.2, 0.25) is 0 Å². The Morgan fingerprint density at radius 2 is 2.00 bits per heavy atom. The monoisotopic (exact) mass is 272 g/mol. The Hall–Kier alpha value is -1.80. The third-order valence-electron chi connectivity index (χ3n) is 2.14. The van der Waals surface area contributed by atoms with Gasteiger partial charge in [0.25, 0.3) is 0 Å². The molecule has 0 heterocycles. The highest BCUT2D eigenvalue weighted by molar-refractivity contribution is 7.88. The highest BCUT2D eigenvalue weighted by Crippen LogP contribution is 2.19. The van der Waals surface area contributed by atoms with E-state index in [1.807, 2.05) is 0 Å². The fourth-order valence-corrected chi connectivity index (χ4v) is 1.77. The summed E-state index contributed by atoms with van der Waals surface area (Å²) in [7, 11) is -3.21. The van der Waals surface area contributed by atoms with E-state index in [0.717, 1.165) is 6.26 Å². The summed E-state index contributed by atoms with van der Waals surface area (Å²) < 4.78 is 24.0. The second-order valence-corrected chi connectivity index (χ2v) is 5.59. The van der Waals surface area contributed by atoms with E-state index in [2.05, 4.69) is 10.0 Å². The summed E-state index contributed by atoms with van der Waals surface area (Å²) in [5.41, 5.74) is 12.2. The van der Waals surface area contributed by atoms with E-state index >= 15 is 0 Å². The SMILES string of the molecule is CS(=O)(=O)NCCNc1cc(C(N)=O)ccc1N. The molecule has 1 aromatic rings. The van der Waals surface area contributed by atoms with Gasteiger partial charge in [0.15, 0.2) is 0 Å². The van der Waals surface area contributed by atoms with Crippen molar-refractivity contribution >= 4 is 27.3 Å². The number of nitrogens with one attached hydrogen (secondary N) is 2. The minimum Gasteiger partial charge on any atom is -0.397 e. The molecule has 0 aliphatic rings. The minimum atomic E-state index is -3.21. The van der Waals surface area contributed by atoms with Crippen LogP contribution in [0.5, 0.6) is 0 Å². The predicted octanol–water partition coefficient (Wildman–Crippen LogP) is -0.671. The molecule has 18 heavy (non-hydrogen) atoms. The number of nitrogens with two attached hydrogens (primary N) is 2. The Morgan fingerprint density at radius 3 is 2.56 bits per heavy atom. The fraction of sp³-hybridized carbons (Fsp3) is 0.300. The molecule has 0 aliphatic heterocycles. The molecule has 1 amide bonds. The molecule has 1 rings (SSSR count). The van der Waals surface area contributed by atoms with Crippen molar-refractivity contribution in [2.45, 2.75) is 0 Å². The van der Waals surface area contributed by atoms with E-state index in [1.165, 1.54) is 12.1 Å². The van der Waals surface area contributed by atoms with Crippen LogP contribution in [0.15, 0.2) is 18.2 Å². The first-order chi connectivity index (χ1) is 8.29. The van der Waals surface area contributed by atoms with Crippen LogP contribution in [0.25, 0.3) is 0 Å². The molecule has 6 N–H and O–H groups in total. The summed E-state index contributed by atoms with van der Waals surface area (Å²) in [6.07, 6.45) is 1.08. The molecule has 0 radical (unpaired) electrons. The van der Waals surface area contributed by atoms with Gasteiger partial charge in [-0.15, -0.1) is 0 Å². The molecule has 1 aromatic carbocycles. The van der Waals surface area contributed by atoms with Gasteiger partial charge in [0.1, 0.15) is 0 Å². The first-order valence-corrected chi connectivity index (χ1v) is 7.06. The first-order valence-electron chi connectivity index (χ1n) is 5.17.